The fourth-order valence-electron chi connectivity index (χ4n) is 6.26. The van der Waals surface area contributed by atoms with Crippen molar-refractivity contribution in [3.05, 3.63) is 36.2 Å². The van der Waals surface area contributed by atoms with Gasteiger partial charge in [-0.3, -0.25) is 4.79 Å². The Morgan fingerprint density at radius 2 is 1.86 bits per heavy atom. The molecule has 3 aliphatic heterocycles. The molecule has 35 heavy (non-hydrogen) atoms. The lowest BCUT2D eigenvalue weighted by molar-refractivity contribution is -0.123. The third kappa shape index (κ3) is 4.11. The van der Waals surface area contributed by atoms with Crippen molar-refractivity contribution in [1.82, 2.24) is 25.6 Å². The molecule has 2 saturated heterocycles. The normalized spacial score (nSPS) is 27.3. The molecule has 2 aromatic rings. The molecule has 1 amide bonds. The maximum absolute atomic E-state index is 12.8. The minimum atomic E-state index is -0.321. The predicted molar refractivity (Wildman–Crippen MR) is 138 cm³/mol. The van der Waals surface area contributed by atoms with E-state index in [9.17, 15) is 4.79 Å². The molecule has 3 N–H and O–H groups in total. The minimum absolute atomic E-state index is 0.0463. The van der Waals surface area contributed by atoms with Gasteiger partial charge in [0.2, 0.25) is 11.9 Å². The van der Waals surface area contributed by atoms with Gasteiger partial charge in [-0.15, -0.1) is 0 Å². The van der Waals surface area contributed by atoms with Crippen molar-refractivity contribution < 1.29 is 4.79 Å². The van der Waals surface area contributed by atoms with Crippen LogP contribution in [0.1, 0.15) is 51.5 Å². The van der Waals surface area contributed by atoms with Crippen molar-refractivity contribution in [3.63, 3.8) is 0 Å². The number of nitrogens with zero attached hydrogens (tertiary/aromatic N) is 5. The van der Waals surface area contributed by atoms with Crippen LogP contribution in [0.25, 0.3) is 6.08 Å². The summed E-state index contributed by atoms with van der Waals surface area (Å²) in [6, 6.07) is 4.65. The number of amides is 1. The van der Waals surface area contributed by atoms with E-state index in [-0.39, 0.29) is 17.5 Å². The van der Waals surface area contributed by atoms with Gasteiger partial charge in [0, 0.05) is 43.5 Å². The Labute approximate surface area is 206 Å². The Bertz CT molecular complexity index is 1120. The fraction of sp³-hybridized carbons (Fsp3) is 0.538. The number of rotatable bonds is 3. The second-order valence-corrected chi connectivity index (χ2v) is 10.5. The molecular weight excluding hydrogens is 440 g/mol. The van der Waals surface area contributed by atoms with Gasteiger partial charge in [-0.25, -0.2) is 9.97 Å². The van der Waals surface area contributed by atoms with Crippen LogP contribution in [0.4, 0.5) is 23.3 Å². The summed E-state index contributed by atoms with van der Waals surface area (Å²) in [6.07, 6.45) is 13.5. The van der Waals surface area contributed by atoms with Gasteiger partial charge in [0.1, 0.15) is 17.7 Å². The van der Waals surface area contributed by atoms with E-state index in [0.717, 1.165) is 43.0 Å². The summed E-state index contributed by atoms with van der Waals surface area (Å²) in [4.78, 5) is 31.5. The maximum Gasteiger partial charge on any atom is 0.246 e. The maximum atomic E-state index is 12.8. The third-order valence-corrected chi connectivity index (χ3v) is 7.83. The van der Waals surface area contributed by atoms with Crippen LogP contribution in [0.3, 0.4) is 0 Å². The highest BCUT2D eigenvalue weighted by Crippen LogP contribution is 2.42. The Morgan fingerprint density at radius 1 is 1.06 bits per heavy atom. The zero-order valence-corrected chi connectivity index (χ0v) is 20.5. The van der Waals surface area contributed by atoms with Crippen molar-refractivity contribution in [2.75, 3.05) is 34.8 Å². The van der Waals surface area contributed by atoms with Crippen LogP contribution >= 0.6 is 0 Å². The summed E-state index contributed by atoms with van der Waals surface area (Å²) < 4.78 is 0. The molecule has 0 bridgehead atoms. The molecule has 4 aliphatic rings. The number of carbonyl (C=O) groups is 1. The molecule has 6 rings (SSSR count). The van der Waals surface area contributed by atoms with E-state index in [4.69, 9.17) is 4.98 Å². The zero-order valence-electron chi connectivity index (χ0n) is 20.5. The summed E-state index contributed by atoms with van der Waals surface area (Å²) in [5, 5.41) is 10.0. The molecule has 1 unspecified atom stereocenters. The Morgan fingerprint density at radius 3 is 2.60 bits per heavy atom. The highest BCUT2D eigenvalue weighted by atomic mass is 16.2. The number of hydrogen-bond donors (Lipinski definition) is 3. The largest absolute Gasteiger partial charge is 0.367 e. The summed E-state index contributed by atoms with van der Waals surface area (Å²) >= 11 is 0. The van der Waals surface area contributed by atoms with Crippen molar-refractivity contribution in [3.8, 4) is 0 Å². The number of nitrogens with one attached hydrogen (secondary N) is 3. The van der Waals surface area contributed by atoms with E-state index in [1.54, 1.807) is 0 Å². The lowest BCUT2D eigenvalue weighted by Crippen LogP contribution is -2.69. The molecule has 9 heteroatoms. The average Bonchev–Trinajstić information content (AvgIpc) is 2.86. The first-order chi connectivity index (χ1) is 17.0. The lowest BCUT2D eigenvalue weighted by atomic mass is 9.77. The van der Waals surface area contributed by atoms with Crippen LogP contribution in [0.2, 0.25) is 0 Å². The predicted octanol–water partition coefficient (Wildman–Crippen LogP) is 2.84. The second kappa shape index (κ2) is 8.78. The van der Waals surface area contributed by atoms with E-state index in [2.05, 4.69) is 55.6 Å². The molecule has 1 aliphatic carbocycles. The van der Waals surface area contributed by atoms with E-state index >= 15 is 0 Å². The van der Waals surface area contributed by atoms with Gasteiger partial charge in [-0.1, -0.05) is 31.4 Å². The SMILES string of the molecule is C[C@@H]1CN(c2ccc(Nc3ncc4c(n3)N3C(C=C4)C(=O)NCC34CCCCC4)nc2)C[C@H](C)N1. The first-order valence-electron chi connectivity index (χ1n) is 12.9. The number of piperazine rings is 2. The van der Waals surface area contributed by atoms with Crippen LogP contribution < -0.4 is 25.8 Å². The number of pyridine rings is 1. The van der Waals surface area contributed by atoms with Crippen molar-refractivity contribution in [1.29, 1.82) is 0 Å². The molecule has 1 spiro atoms. The van der Waals surface area contributed by atoms with Gasteiger partial charge in [0.15, 0.2) is 0 Å². The number of hydrogen-bond acceptors (Lipinski definition) is 8. The molecule has 2 aromatic heterocycles. The molecule has 0 aromatic carbocycles. The fourth-order valence-corrected chi connectivity index (χ4v) is 6.26. The van der Waals surface area contributed by atoms with Crippen LogP contribution in [0, 0.1) is 0 Å². The van der Waals surface area contributed by atoms with Crippen LogP contribution in [-0.4, -0.2) is 64.2 Å². The quantitative estimate of drug-likeness (QED) is 0.625. The first-order valence-corrected chi connectivity index (χ1v) is 12.9. The topological polar surface area (TPSA) is 98.3 Å². The van der Waals surface area contributed by atoms with Crippen molar-refractivity contribution >= 4 is 35.3 Å². The monoisotopic (exact) mass is 474 g/mol. The van der Waals surface area contributed by atoms with Gasteiger partial charge < -0.3 is 25.8 Å². The van der Waals surface area contributed by atoms with Gasteiger partial charge in [0.25, 0.3) is 0 Å². The molecular formula is C26H34N8O. The second-order valence-electron chi connectivity index (χ2n) is 10.5. The van der Waals surface area contributed by atoms with Crippen LogP contribution in [0.15, 0.2) is 30.6 Å². The number of carbonyl (C=O) groups excluding carboxylic acids is 1. The number of fused-ring (bicyclic) bond motifs is 4. The number of anilines is 4. The van der Waals surface area contributed by atoms with Gasteiger partial charge in [0.05, 0.1) is 17.4 Å². The molecule has 9 nitrogen and oxygen atoms in total. The smallest absolute Gasteiger partial charge is 0.246 e. The summed E-state index contributed by atoms with van der Waals surface area (Å²) in [5.41, 5.74) is 1.99. The first kappa shape index (κ1) is 22.3. The van der Waals surface area contributed by atoms with Crippen molar-refractivity contribution in [2.24, 2.45) is 0 Å². The summed E-state index contributed by atoms with van der Waals surface area (Å²) in [6.45, 7) is 7.03. The number of aromatic nitrogens is 3. The standard InChI is InChI=1S/C26H34N8O/c1-17-14-33(15-18(2)30-17)20-7-9-22(27-13-20)31-25-28-12-19-6-8-21-24(35)29-16-26(10-4-3-5-11-26)34(21)23(19)32-25/h6-9,12-13,17-18,21,30H,3-5,10-11,14-16H2,1-2H3,(H,29,35)(H,27,28,31,32)/t17-,18+,21?. The average molecular weight is 475 g/mol. The van der Waals surface area contributed by atoms with Gasteiger partial charge >= 0.3 is 0 Å². The summed E-state index contributed by atoms with van der Waals surface area (Å²) in [7, 11) is 0. The van der Waals surface area contributed by atoms with E-state index in [1.165, 1.54) is 19.3 Å². The van der Waals surface area contributed by atoms with Gasteiger partial charge in [-0.2, -0.15) is 4.98 Å². The van der Waals surface area contributed by atoms with E-state index in [1.807, 2.05) is 30.6 Å². The van der Waals surface area contributed by atoms with E-state index < -0.39 is 0 Å². The molecule has 1 saturated carbocycles. The minimum Gasteiger partial charge on any atom is -0.367 e. The molecule has 0 radical (unpaired) electrons. The molecule has 5 heterocycles. The molecule has 3 fully saturated rings. The zero-order chi connectivity index (χ0) is 24.0. The Hall–Kier alpha value is -3.20. The Kier molecular flexibility index (Phi) is 5.59. The van der Waals surface area contributed by atoms with Gasteiger partial charge in [-0.05, 0) is 38.8 Å². The Balaban J connectivity index is 1.25. The van der Waals surface area contributed by atoms with Crippen LogP contribution in [-0.2, 0) is 4.79 Å². The molecule has 3 atom stereocenters. The highest BCUT2D eigenvalue weighted by Gasteiger charge is 2.49. The van der Waals surface area contributed by atoms with Crippen molar-refractivity contribution in [2.45, 2.75) is 69.6 Å². The molecule has 184 valence electrons. The van der Waals surface area contributed by atoms with E-state index in [0.29, 0.717) is 30.4 Å². The lowest BCUT2D eigenvalue weighted by Gasteiger charge is -2.54. The highest BCUT2D eigenvalue weighted by molar-refractivity contribution is 5.93. The third-order valence-electron chi connectivity index (χ3n) is 7.83. The van der Waals surface area contributed by atoms with Crippen LogP contribution in [0.5, 0.6) is 0 Å². The summed E-state index contributed by atoms with van der Waals surface area (Å²) in [5.74, 6) is 2.09.